The summed E-state index contributed by atoms with van der Waals surface area (Å²) in [5.41, 5.74) is 0.638. The van der Waals surface area contributed by atoms with E-state index in [1.807, 2.05) is 0 Å². The Morgan fingerprint density at radius 2 is 1.71 bits per heavy atom. The molecule has 1 atom stereocenters. The third-order valence-electron chi connectivity index (χ3n) is 6.57. The van der Waals surface area contributed by atoms with Gasteiger partial charge in [0.25, 0.3) is 0 Å². The normalized spacial score (nSPS) is 15.1. The number of nitrogens with one attached hydrogen (secondary N) is 1. The largest absolute Gasteiger partial charge is 0.352 e. The molecule has 0 bridgehead atoms. The van der Waals surface area contributed by atoms with Crippen molar-refractivity contribution < 1.29 is 18.0 Å². The Balaban J connectivity index is 1.97. The molecule has 2 aromatic carbocycles. The molecule has 1 N–H and O–H groups in total. The van der Waals surface area contributed by atoms with Gasteiger partial charge in [0.05, 0.1) is 22.0 Å². The summed E-state index contributed by atoms with van der Waals surface area (Å²) in [5, 5.41) is 4.00. The van der Waals surface area contributed by atoms with E-state index in [4.69, 9.17) is 46.4 Å². The van der Waals surface area contributed by atoms with Gasteiger partial charge in [-0.3, -0.25) is 13.9 Å². The summed E-state index contributed by atoms with van der Waals surface area (Å²) in [5.74, 6) is -0.882. The zero-order chi connectivity index (χ0) is 28.0. The Labute approximate surface area is 244 Å². The molecule has 2 amide bonds. The molecule has 3 rings (SSSR count). The fourth-order valence-corrected chi connectivity index (χ4v) is 6.35. The van der Waals surface area contributed by atoms with Crippen molar-refractivity contribution in [2.75, 3.05) is 17.1 Å². The van der Waals surface area contributed by atoms with Crippen LogP contribution in [-0.2, 0) is 26.2 Å². The van der Waals surface area contributed by atoms with Crippen molar-refractivity contribution in [3.05, 3.63) is 62.1 Å². The number of rotatable bonds is 10. The van der Waals surface area contributed by atoms with Crippen LogP contribution < -0.4 is 9.62 Å². The van der Waals surface area contributed by atoms with Crippen molar-refractivity contribution in [2.45, 2.75) is 64.1 Å². The van der Waals surface area contributed by atoms with Gasteiger partial charge in [-0.1, -0.05) is 84.7 Å². The van der Waals surface area contributed by atoms with Crippen molar-refractivity contribution in [1.29, 1.82) is 0 Å². The summed E-state index contributed by atoms with van der Waals surface area (Å²) in [6, 6.07) is 8.60. The second-order valence-corrected chi connectivity index (χ2v) is 12.9. The number of nitrogens with zero attached hydrogens (tertiary/aromatic N) is 2. The molecule has 2 aromatic rings. The van der Waals surface area contributed by atoms with Crippen molar-refractivity contribution in [3.63, 3.8) is 0 Å². The van der Waals surface area contributed by atoms with E-state index in [0.29, 0.717) is 22.0 Å². The van der Waals surface area contributed by atoms with Crippen LogP contribution in [0, 0.1) is 0 Å². The lowest BCUT2D eigenvalue weighted by molar-refractivity contribution is -0.140. The van der Waals surface area contributed by atoms with E-state index in [1.165, 1.54) is 17.0 Å². The molecular formula is C26H31Cl4N3O4S. The maximum absolute atomic E-state index is 13.8. The summed E-state index contributed by atoms with van der Waals surface area (Å²) in [7, 11) is -3.95. The summed E-state index contributed by atoms with van der Waals surface area (Å²) < 4.78 is 26.5. The van der Waals surface area contributed by atoms with Gasteiger partial charge in [0.2, 0.25) is 21.8 Å². The SMILES string of the molecule is CCC(C(=O)NC1CCCCC1)N(Cc1ccc(Cl)cc1Cl)C(=O)CN(c1cccc(Cl)c1Cl)S(C)(=O)=O. The van der Waals surface area contributed by atoms with E-state index in [2.05, 4.69) is 5.32 Å². The second kappa shape index (κ2) is 13.6. The molecule has 0 heterocycles. The number of hydrogen-bond donors (Lipinski definition) is 1. The third kappa shape index (κ3) is 7.92. The predicted octanol–water partition coefficient (Wildman–Crippen LogP) is 6.32. The highest BCUT2D eigenvalue weighted by Gasteiger charge is 2.33. The molecule has 1 aliphatic carbocycles. The van der Waals surface area contributed by atoms with Gasteiger partial charge in [0.1, 0.15) is 12.6 Å². The third-order valence-corrected chi connectivity index (χ3v) is 9.09. The van der Waals surface area contributed by atoms with E-state index >= 15 is 0 Å². The fourth-order valence-electron chi connectivity index (χ4n) is 4.58. The average molecular weight is 623 g/mol. The van der Waals surface area contributed by atoms with Gasteiger partial charge in [-0.15, -0.1) is 0 Å². The summed E-state index contributed by atoms with van der Waals surface area (Å²) in [6.45, 7) is 1.20. The van der Waals surface area contributed by atoms with E-state index in [0.717, 1.165) is 42.7 Å². The highest BCUT2D eigenvalue weighted by Crippen LogP contribution is 2.34. The van der Waals surface area contributed by atoms with Crippen molar-refractivity contribution >= 4 is 73.9 Å². The summed E-state index contributed by atoms with van der Waals surface area (Å²) in [6.07, 6.45) is 6.26. The van der Waals surface area contributed by atoms with Gasteiger partial charge in [0, 0.05) is 22.6 Å². The van der Waals surface area contributed by atoms with Gasteiger partial charge in [-0.05, 0) is 49.1 Å². The monoisotopic (exact) mass is 621 g/mol. The fraction of sp³-hybridized carbons (Fsp3) is 0.462. The molecule has 0 aliphatic heterocycles. The lowest BCUT2D eigenvalue weighted by Crippen LogP contribution is -2.54. The molecular weight excluding hydrogens is 592 g/mol. The first-order valence-electron chi connectivity index (χ1n) is 12.4. The predicted molar refractivity (Wildman–Crippen MR) is 155 cm³/mol. The minimum atomic E-state index is -3.95. The maximum atomic E-state index is 13.8. The van der Waals surface area contributed by atoms with Crippen LogP contribution in [0.5, 0.6) is 0 Å². The topological polar surface area (TPSA) is 86.8 Å². The Bertz CT molecular complexity index is 1270. The van der Waals surface area contributed by atoms with Crippen LogP contribution in [0.15, 0.2) is 36.4 Å². The van der Waals surface area contributed by atoms with Crippen LogP contribution in [0.1, 0.15) is 51.0 Å². The molecule has 0 saturated heterocycles. The van der Waals surface area contributed by atoms with Crippen LogP contribution >= 0.6 is 46.4 Å². The molecule has 1 aliphatic rings. The number of benzene rings is 2. The highest BCUT2D eigenvalue weighted by molar-refractivity contribution is 7.92. The molecule has 0 aromatic heterocycles. The van der Waals surface area contributed by atoms with E-state index < -0.39 is 28.5 Å². The van der Waals surface area contributed by atoms with Crippen LogP contribution in [0.25, 0.3) is 0 Å². The zero-order valence-corrected chi connectivity index (χ0v) is 25.1. The smallest absolute Gasteiger partial charge is 0.244 e. The van der Waals surface area contributed by atoms with E-state index in [9.17, 15) is 18.0 Å². The Morgan fingerprint density at radius 3 is 2.32 bits per heavy atom. The van der Waals surface area contributed by atoms with Gasteiger partial charge in [-0.25, -0.2) is 8.42 Å². The number of sulfonamides is 1. The van der Waals surface area contributed by atoms with E-state index in [1.54, 1.807) is 31.2 Å². The Morgan fingerprint density at radius 1 is 1.03 bits per heavy atom. The first-order chi connectivity index (χ1) is 17.9. The highest BCUT2D eigenvalue weighted by atomic mass is 35.5. The van der Waals surface area contributed by atoms with Crippen molar-refractivity contribution in [3.8, 4) is 0 Å². The quantitative estimate of drug-likeness (QED) is 0.336. The first-order valence-corrected chi connectivity index (χ1v) is 15.7. The van der Waals surface area contributed by atoms with Gasteiger partial charge >= 0.3 is 0 Å². The van der Waals surface area contributed by atoms with Gasteiger partial charge in [0.15, 0.2) is 0 Å². The minimum Gasteiger partial charge on any atom is -0.352 e. The number of hydrogen-bond acceptors (Lipinski definition) is 4. The lowest BCUT2D eigenvalue weighted by Gasteiger charge is -2.34. The van der Waals surface area contributed by atoms with Crippen molar-refractivity contribution in [2.24, 2.45) is 0 Å². The molecule has 0 radical (unpaired) electrons. The minimum absolute atomic E-state index is 0.00164. The second-order valence-electron chi connectivity index (χ2n) is 9.37. The standard InChI is InChI=1S/C26H31Cl4N3O4S/c1-3-22(26(35)31-19-8-5-4-6-9-19)32(15-17-12-13-18(27)14-21(17)29)24(34)16-33(38(2,36)37)23-11-7-10-20(28)25(23)30/h7,10-14,19,22H,3-6,8-9,15-16H2,1-2H3,(H,31,35). The molecule has 38 heavy (non-hydrogen) atoms. The summed E-state index contributed by atoms with van der Waals surface area (Å²) >= 11 is 24.9. The van der Waals surface area contributed by atoms with Gasteiger partial charge < -0.3 is 10.2 Å². The first kappa shape index (κ1) is 30.8. The summed E-state index contributed by atoms with van der Waals surface area (Å²) in [4.78, 5) is 28.6. The van der Waals surface area contributed by atoms with E-state index in [-0.39, 0.29) is 34.2 Å². The molecule has 208 valence electrons. The van der Waals surface area contributed by atoms with Crippen LogP contribution in [-0.4, -0.2) is 50.0 Å². The molecule has 0 spiro atoms. The van der Waals surface area contributed by atoms with Crippen LogP contribution in [0.3, 0.4) is 0 Å². The number of anilines is 1. The number of carbonyl (C=O) groups excluding carboxylic acids is 2. The average Bonchev–Trinajstić information content (AvgIpc) is 2.85. The van der Waals surface area contributed by atoms with Crippen molar-refractivity contribution in [1.82, 2.24) is 10.2 Å². The number of carbonyl (C=O) groups is 2. The maximum Gasteiger partial charge on any atom is 0.244 e. The van der Waals surface area contributed by atoms with Gasteiger partial charge in [-0.2, -0.15) is 0 Å². The van der Waals surface area contributed by atoms with Crippen LogP contribution in [0.4, 0.5) is 5.69 Å². The number of amides is 2. The molecule has 1 unspecified atom stereocenters. The molecule has 1 saturated carbocycles. The number of halogens is 4. The molecule has 12 heteroatoms. The van der Waals surface area contributed by atoms with Crippen LogP contribution in [0.2, 0.25) is 20.1 Å². The zero-order valence-electron chi connectivity index (χ0n) is 21.2. The Kier molecular flexibility index (Phi) is 11.0. The Hall–Kier alpha value is -1.71. The molecule has 7 nitrogen and oxygen atoms in total. The lowest BCUT2D eigenvalue weighted by atomic mass is 9.95. The molecule has 1 fully saturated rings.